The van der Waals surface area contributed by atoms with E-state index < -0.39 is 0 Å². The van der Waals surface area contributed by atoms with Gasteiger partial charge >= 0.3 is 0 Å². The first-order valence-corrected chi connectivity index (χ1v) is 7.43. The average Bonchev–Trinajstić information content (AvgIpc) is 2.35. The van der Waals surface area contributed by atoms with Gasteiger partial charge in [-0.1, -0.05) is 57.0 Å². The summed E-state index contributed by atoms with van der Waals surface area (Å²) in [4.78, 5) is 0. The van der Waals surface area contributed by atoms with Crippen LogP contribution in [-0.4, -0.2) is 13.3 Å². The van der Waals surface area contributed by atoms with Crippen LogP contribution in [0.5, 0.6) is 0 Å². The second-order valence-corrected chi connectivity index (χ2v) is 6.56. The van der Waals surface area contributed by atoms with Gasteiger partial charge in [0.2, 0.25) is 0 Å². The van der Waals surface area contributed by atoms with Crippen molar-refractivity contribution in [3.05, 3.63) is 42.0 Å². The van der Waals surface area contributed by atoms with Crippen molar-refractivity contribution in [3.8, 4) is 0 Å². The van der Waals surface area contributed by atoms with Gasteiger partial charge in [-0.15, -0.1) is 0 Å². The van der Waals surface area contributed by atoms with Gasteiger partial charge in [0.25, 0.3) is 0 Å². The zero-order valence-corrected chi connectivity index (χ0v) is 12.6. The highest BCUT2D eigenvalue weighted by Crippen LogP contribution is 2.34. The van der Waals surface area contributed by atoms with Crippen molar-refractivity contribution >= 4 is 28.4 Å². The zero-order chi connectivity index (χ0) is 13.3. The lowest BCUT2D eigenvalue weighted by atomic mass is 9.83. The highest BCUT2D eigenvalue weighted by Gasteiger charge is 2.18. The van der Waals surface area contributed by atoms with E-state index in [2.05, 4.69) is 74.8 Å². The molecule has 0 amide bonds. The summed E-state index contributed by atoms with van der Waals surface area (Å²) >= 11 is 1.74. The van der Waals surface area contributed by atoms with Crippen molar-refractivity contribution < 1.29 is 0 Å². The minimum Gasteiger partial charge on any atom is -0.319 e. The van der Waals surface area contributed by atoms with Crippen LogP contribution in [0.2, 0.25) is 0 Å². The Labute approximate surface area is 114 Å². The first-order valence-electron chi connectivity index (χ1n) is 6.24. The molecule has 0 atom stereocenters. The van der Waals surface area contributed by atoms with E-state index in [0.29, 0.717) is 0 Å². The fraction of sp³-hybridized carbons (Fsp3) is 0.375. The topological polar surface area (TPSA) is 3.24 Å². The molecule has 18 heavy (non-hydrogen) atoms. The molecular weight excluding hydrogens is 238 g/mol. The number of anilines is 1. The maximum Gasteiger partial charge on any atom is 0.0475 e. The fourth-order valence-electron chi connectivity index (χ4n) is 2.20. The van der Waals surface area contributed by atoms with E-state index >= 15 is 0 Å². The Hall–Kier alpha value is -1.15. The van der Waals surface area contributed by atoms with Crippen molar-refractivity contribution in [3.63, 3.8) is 0 Å². The Bertz CT molecular complexity index is 555. The molecule has 0 saturated heterocycles. The molecule has 0 aliphatic carbocycles. The monoisotopic (exact) mass is 259 g/mol. The van der Waals surface area contributed by atoms with Crippen LogP contribution < -0.4 is 4.31 Å². The van der Waals surface area contributed by atoms with Crippen LogP contribution in [0.1, 0.15) is 26.3 Å². The largest absolute Gasteiger partial charge is 0.319 e. The van der Waals surface area contributed by atoms with Crippen molar-refractivity contribution in [2.45, 2.75) is 26.2 Å². The van der Waals surface area contributed by atoms with Crippen molar-refractivity contribution in [1.29, 1.82) is 0 Å². The normalized spacial score (nSPS) is 11.8. The van der Waals surface area contributed by atoms with E-state index in [1.54, 1.807) is 11.9 Å². The summed E-state index contributed by atoms with van der Waals surface area (Å²) in [5.74, 6) is 0. The first kappa shape index (κ1) is 13.3. The molecule has 0 fully saturated rings. The molecule has 0 aliphatic rings. The van der Waals surface area contributed by atoms with Crippen LogP contribution in [0, 0.1) is 0 Å². The van der Waals surface area contributed by atoms with E-state index in [0.717, 1.165) is 0 Å². The quantitative estimate of drug-likeness (QED) is 0.709. The highest BCUT2D eigenvalue weighted by molar-refractivity contribution is 7.99. The second-order valence-electron chi connectivity index (χ2n) is 5.64. The van der Waals surface area contributed by atoms with Crippen molar-refractivity contribution in [1.82, 2.24) is 0 Å². The molecule has 1 nitrogen and oxygen atoms in total. The molecule has 2 rings (SSSR count). The van der Waals surface area contributed by atoms with Gasteiger partial charge < -0.3 is 4.31 Å². The molecule has 0 radical (unpaired) electrons. The molecule has 0 spiro atoms. The summed E-state index contributed by atoms with van der Waals surface area (Å²) in [6.07, 6.45) is 2.10. The number of benzene rings is 2. The molecule has 0 aliphatic heterocycles. The molecule has 96 valence electrons. The molecule has 0 unspecified atom stereocenters. The Morgan fingerprint density at radius 1 is 1.06 bits per heavy atom. The van der Waals surface area contributed by atoms with E-state index in [9.17, 15) is 0 Å². The minimum absolute atomic E-state index is 0.162. The summed E-state index contributed by atoms with van der Waals surface area (Å²) in [6, 6.07) is 13.2. The first-order chi connectivity index (χ1) is 8.43. The predicted octanol–water partition coefficient (Wildman–Crippen LogP) is 4.85. The van der Waals surface area contributed by atoms with Gasteiger partial charge in [0.05, 0.1) is 0 Å². The maximum atomic E-state index is 2.32. The van der Waals surface area contributed by atoms with E-state index in [1.807, 2.05) is 0 Å². The molecule has 2 aromatic rings. The summed E-state index contributed by atoms with van der Waals surface area (Å²) in [6.45, 7) is 6.83. The number of hydrogen-bond acceptors (Lipinski definition) is 2. The van der Waals surface area contributed by atoms with Crippen LogP contribution >= 0.6 is 11.9 Å². The van der Waals surface area contributed by atoms with Crippen LogP contribution in [0.3, 0.4) is 0 Å². The standard InChI is InChI=1S/C16H21NS/c1-16(2,3)15-11-13(17(4)18-5)10-12-8-6-7-9-14(12)15/h6-11H,1-5H3. The van der Waals surface area contributed by atoms with Crippen molar-refractivity contribution in [2.75, 3.05) is 17.6 Å². The minimum atomic E-state index is 0.162. The Morgan fingerprint density at radius 2 is 1.72 bits per heavy atom. The van der Waals surface area contributed by atoms with Gasteiger partial charge in [0, 0.05) is 19.0 Å². The number of nitrogens with zero attached hydrogens (tertiary/aromatic N) is 1. The molecule has 0 aromatic heterocycles. The molecule has 0 heterocycles. The van der Waals surface area contributed by atoms with Gasteiger partial charge in [-0.3, -0.25) is 0 Å². The fourth-order valence-corrected chi connectivity index (χ4v) is 2.52. The number of rotatable bonds is 2. The summed E-state index contributed by atoms with van der Waals surface area (Å²) < 4.78 is 2.21. The van der Waals surface area contributed by atoms with Gasteiger partial charge in [0.15, 0.2) is 0 Å². The van der Waals surface area contributed by atoms with E-state index in [1.165, 1.54) is 22.0 Å². The lowest BCUT2D eigenvalue weighted by Gasteiger charge is -2.25. The molecular formula is C16H21NS. The van der Waals surface area contributed by atoms with Gasteiger partial charge in [-0.05, 0) is 33.9 Å². The van der Waals surface area contributed by atoms with Gasteiger partial charge in [-0.2, -0.15) is 0 Å². The van der Waals surface area contributed by atoms with Crippen LogP contribution in [0.15, 0.2) is 36.4 Å². The maximum absolute atomic E-state index is 2.32. The Morgan fingerprint density at radius 3 is 2.33 bits per heavy atom. The third-order valence-corrected chi connectivity index (χ3v) is 4.05. The number of fused-ring (bicyclic) bond motifs is 1. The molecule has 2 aromatic carbocycles. The summed E-state index contributed by atoms with van der Waals surface area (Å²) in [5, 5.41) is 2.68. The SMILES string of the molecule is CSN(C)c1cc(C(C)(C)C)c2ccccc2c1. The average molecular weight is 259 g/mol. The third-order valence-electron chi connectivity index (χ3n) is 3.29. The smallest absolute Gasteiger partial charge is 0.0475 e. The molecule has 2 heteroatoms. The Kier molecular flexibility index (Phi) is 3.58. The Balaban J connectivity index is 2.73. The van der Waals surface area contributed by atoms with Crippen LogP contribution in [0.25, 0.3) is 10.8 Å². The highest BCUT2D eigenvalue weighted by atomic mass is 32.2. The summed E-state index contributed by atoms with van der Waals surface area (Å²) in [7, 11) is 2.11. The summed E-state index contributed by atoms with van der Waals surface area (Å²) in [5.41, 5.74) is 2.84. The lowest BCUT2D eigenvalue weighted by molar-refractivity contribution is 0.596. The van der Waals surface area contributed by atoms with Crippen LogP contribution in [-0.2, 0) is 5.41 Å². The molecule has 0 bridgehead atoms. The van der Waals surface area contributed by atoms with Gasteiger partial charge in [-0.25, -0.2) is 0 Å². The van der Waals surface area contributed by atoms with Gasteiger partial charge in [0.1, 0.15) is 0 Å². The lowest BCUT2D eigenvalue weighted by Crippen LogP contribution is -2.14. The second kappa shape index (κ2) is 4.85. The number of hydrogen-bond donors (Lipinski definition) is 0. The zero-order valence-electron chi connectivity index (χ0n) is 11.8. The predicted molar refractivity (Wildman–Crippen MR) is 84.6 cm³/mol. The van der Waals surface area contributed by atoms with Crippen molar-refractivity contribution in [2.24, 2.45) is 0 Å². The molecule has 0 N–H and O–H groups in total. The van der Waals surface area contributed by atoms with E-state index in [-0.39, 0.29) is 5.41 Å². The van der Waals surface area contributed by atoms with Crippen LogP contribution in [0.4, 0.5) is 5.69 Å². The molecule has 0 saturated carbocycles. The van der Waals surface area contributed by atoms with E-state index in [4.69, 9.17) is 0 Å². The third kappa shape index (κ3) is 2.49.